The molecule has 1 heterocycles. The van der Waals surface area contributed by atoms with Crippen molar-refractivity contribution in [1.82, 2.24) is 4.90 Å². The molecule has 1 saturated heterocycles. The largest absolute Gasteiger partial charge is 0.481 e. The molecule has 3 nitrogen and oxygen atoms in total. The molecule has 110 valence electrons. The molecule has 0 amide bonds. The molecule has 0 unspecified atom stereocenters. The van der Waals surface area contributed by atoms with Crippen molar-refractivity contribution in [1.29, 1.82) is 0 Å². The first-order valence-electron chi connectivity index (χ1n) is 7.47. The van der Waals surface area contributed by atoms with Crippen molar-refractivity contribution in [3.63, 3.8) is 0 Å². The highest BCUT2D eigenvalue weighted by Crippen LogP contribution is 2.32. The lowest BCUT2D eigenvalue weighted by molar-refractivity contribution is -0.148. The number of piperidine rings is 1. The van der Waals surface area contributed by atoms with Gasteiger partial charge in [-0.15, -0.1) is 0 Å². The van der Waals surface area contributed by atoms with Gasteiger partial charge in [-0.25, -0.2) is 0 Å². The van der Waals surface area contributed by atoms with E-state index < -0.39 is 11.4 Å². The van der Waals surface area contributed by atoms with E-state index in [1.165, 1.54) is 5.56 Å². The van der Waals surface area contributed by atoms with Crippen molar-refractivity contribution in [2.75, 3.05) is 13.1 Å². The number of benzene rings is 1. The minimum atomic E-state index is -0.677. The molecule has 1 aliphatic heterocycles. The van der Waals surface area contributed by atoms with Gasteiger partial charge in [-0.3, -0.25) is 9.69 Å². The molecule has 1 N–H and O–H groups in total. The number of carboxylic acids is 1. The molecule has 2 rings (SSSR count). The van der Waals surface area contributed by atoms with E-state index in [0.717, 1.165) is 38.9 Å². The molecular weight excluding hydrogens is 250 g/mol. The Bertz CT molecular complexity index is 434. The van der Waals surface area contributed by atoms with Crippen molar-refractivity contribution in [2.45, 2.75) is 39.7 Å². The lowest BCUT2D eigenvalue weighted by Gasteiger charge is -2.34. The number of rotatable bonds is 5. The zero-order valence-corrected chi connectivity index (χ0v) is 12.5. The van der Waals surface area contributed by atoms with Gasteiger partial charge >= 0.3 is 5.97 Å². The average Bonchev–Trinajstić information content (AvgIpc) is 2.42. The van der Waals surface area contributed by atoms with Crippen LogP contribution in [0.2, 0.25) is 0 Å². The van der Waals surface area contributed by atoms with E-state index in [1.807, 2.05) is 19.9 Å². The minimum absolute atomic E-state index is 0.549. The van der Waals surface area contributed by atoms with Crippen molar-refractivity contribution in [3.05, 3.63) is 35.9 Å². The van der Waals surface area contributed by atoms with Crippen LogP contribution in [0.3, 0.4) is 0 Å². The summed E-state index contributed by atoms with van der Waals surface area (Å²) in [7, 11) is 0. The van der Waals surface area contributed by atoms with Crippen LogP contribution in [0.15, 0.2) is 30.3 Å². The maximum absolute atomic E-state index is 11.2. The van der Waals surface area contributed by atoms with E-state index in [4.69, 9.17) is 0 Å². The topological polar surface area (TPSA) is 40.5 Å². The molecule has 1 aliphatic rings. The molecule has 0 radical (unpaired) electrons. The van der Waals surface area contributed by atoms with Crippen molar-refractivity contribution in [2.24, 2.45) is 11.3 Å². The molecule has 1 fully saturated rings. The summed E-state index contributed by atoms with van der Waals surface area (Å²) in [5, 5.41) is 9.21. The van der Waals surface area contributed by atoms with E-state index in [0.29, 0.717) is 5.92 Å². The molecular formula is C17H25NO2. The van der Waals surface area contributed by atoms with Gasteiger partial charge in [-0.05, 0) is 57.7 Å². The fourth-order valence-electron chi connectivity index (χ4n) is 3.00. The number of nitrogens with zero attached hydrogens (tertiary/aromatic N) is 1. The number of carbonyl (C=O) groups is 1. The summed E-state index contributed by atoms with van der Waals surface area (Å²) in [5.74, 6) is -0.127. The van der Waals surface area contributed by atoms with E-state index in [9.17, 15) is 9.90 Å². The third kappa shape index (κ3) is 4.07. The highest BCUT2D eigenvalue weighted by molar-refractivity contribution is 5.73. The monoisotopic (exact) mass is 275 g/mol. The van der Waals surface area contributed by atoms with Crippen molar-refractivity contribution in [3.8, 4) is 0 Å². The Balaban J connectivity index is 1.79. The van der Waals surface area contributed by atoms with Crippen LogP contribution in [0.4, 0.5) is 0 Å². The number of carboxylic acid groups (broad SMARTS) is 1. The van der Waals surface area contributed by atoms with E-state index >= 15 is 0 Å². The molecule has 0 bridgehead atoms. The van der Waals surface area contributed by atoms with Crippen LogP contribution in [-0.4, -0.2) is 29.1 Å². The second-order valence-electron chi connectivity index (χ2n) is 6.60. The van der Waals surface area contributed by atoms with E-state index in [-0.39, 0.29) is 0 Å². The van der Waals surface area contributed by atoms with Gasteiger partial charge in [0.2, 0.25) is 0 Å². The lowest BCUT2D eigenvalue weighted by atomic mass is 9.79. The zero-order chi connectivity index (χ0) is 14.6. The van der Waals surface area contributed by atoms with Gasteiger partial charge < -0.3 is 5.11 Å². The van der Waals surface area contributed by atoms with Crippen LogP contribution in [-0.2, 0) is 11.3 Å². The summed E-state index contributed by atoms with van der Waals surface area (Å²) < 4.78 is 0. The maximum Gasteiger partial charge on any atom is 0.309 e. The summed E-state index contributed by atoms with van der Waals surface area (Å²) in [6.45, 7) is 6.84. The molecule has 0 aliphatic carbocycles. The van der Waals surface area contributed by atoms with Gasteiger partial charge in [0, 0.05) is 6.54 Å². The molecule has 1 aromatic carbocycles. The molecule has 0 aromatic heterocycles. The molecule has 0 spiro atoms. The first-order chi connectivity index (χ1) is 9.47. The van der Waals surface area contributed by atoms with Crippen LogP contribution >= 0.6 is 0 Å². The molecule has 0 atom stereocenters. The lowest BCUT2D eigenvalue weighted by Crippen LogP contribution is -2.36. The van der Waals surface area contributed by atoms with Crippen LogP contribution in [0, 0.1) is 11.3 Å². The molecule has 20 heavy (non-hydrogen) atoms. The second-order valence-corrected chi connectivity index (χ2v) is 6.60. The molecule has 3 heteroatoms. The van der Waals surface area contributed by atoms with Crippen LogP contribution < -0.4 is 0 Å². The summed E-state index contributed by atoms with van der Waals surface area (Å²) in [4.78, 5) is 13.7. The van der Waals surface area contributed by atoms with Crippen molar-refractivity contribution >= 4 is 5.97 Å². The first-order valence-corrected chi connectivity index (χ1v) is 7.47. The summed E-state index contributed by atoms with van der Waals surface area (Å²) in [6.07, 6.45) is 3.02. The van der Waals surface area contributed by atoms with Gasteiger partial charge in [0.1, 0.15) is 0 Å². The number of hydrogen-bond donors (Lipinski definition) is 1. The number of aliphatic carboxylic acids is 1. The number of likely N-dealkylation sites (tertiary alicyclic amines) is 1. The predicted molar refractivity (Wildman–Crippen MR) is 80.5 cm³/mol. The predicted octanol–water partition coefficient (Wildman–Crippen LogP) is 3.40. The third-order valence-electron chi connectivity index (χ3n) is 4.33. The summed E-state index contributed by atoms with van der Waals surface area (Å²) in [5.41, 5.74) is 0.767. The Labute approximate surface area is 121 Å². The van der Waals surface area contributed by atoms with E-state index in [2.05, 4.69) is 29.2 Å². The fraction of sp³-hybridized carbons (Fsp3) is 0.588. The first kappa shape index (κ1) is 15.0. The Morgan fingerprint density at radius 2 is 1.85 bits per heavy atom. The van der Waals surface area contributed by atoms with Gasteiger partial charge in [-0.2, -0.15) is 0 Å². The standard InChI is InChI=1S/C17H25NO2/c1-17(2,16(19)20)12-14-8-10-18(11-9-14)13-15-6-4-3-5-7-15/h3-7,14H,8-13H2,1-2H3,(H,19,20). The average molecular weight is 275 g/mol. The van der Waals surface area contributed by atoms with Gasteiger partial charge in [0.25, 0.3) is 0 Å². The van der Waals surface area contributed by atoms with Gasteiger partial charge in [-0.1, -0.05) is 30.3 Å². The highest BCUT2D eigenvalue weighted by Gasteiger charge is 2.32. The second kappa shape index (κ2) is 6.40. The Morgan fingerprint density at radius 3 is 2.40 bits per heavy atom. The van der Waals surface area contributed by atoms with Crippen LogP contribution in [0.5, 0.6) is 0 Å². The Hall–Kier alpha value is -1.35. The summed E-state index contributed by atoms with van der Waals surface area (Å²) in [6, 6.07) is 10.5. The fourth-order valence-corrected chi connectivity index (χ4v) is 3.00. The van der Waals surface area contributed by atoms with Crippen molar-refractivity contribution < 1.29 is 9.90 Å². The van der Waals surface area contributed by atoms with Gasteiger partial charge in [0.15, 0.2) is 0 Å². The quantitative estimate of drug-likeness (QED) is 0.895. The minimum Gasteiger partial charge on any atom is -0.481 e. The Morgan fingerprint density at radius 1 is 1.25 bits per heavy atom. The van der Waals surface area contributed by atoms with Crippen LogP contribution in [0.25, 0.3) is 0 Å². The van der Waals surface area contributed by atoms with E-state index in [1.54, 1.807) is 0 Å². The zero-order valence-electron chi connectivity index (χ0n) is 12.5. The van der Waals surface area contributed by atoms with Gasteiger partial charge in [0.05, 0.1) is 5.41 Å². The smallest absolute Gasteiger partial charge is 0.309 e. The maximum atomic E-state index is 11.2. The summed E-state index contributed by atoms with van der Waals surface area (Å²) >= 11 is 0. The molecule has 0 saturated carbocycles. The SMILES string of the molecule is CC(C)(CC1CCN(Cc2ccccc2)CC1)C(=O)O. The normalized spacial score (nSPS) is 18.1. The molecule has 1 aromatic rings. The van der Waals surface area contributed by atoms with Crippen LogP contribution in [0.1, 0.15) is 38.7 Å². The highest BCUT2D eigenvalue weighted by atomic mass is 16.4. The number of hydrogen-bond acceptors (Lipinski definition) is 2. The third-order valence-corrected chi connectivity index (χ3v) is 4.33. The Kier molecular flexibility index (Phi) is 4.81.